The van der Waals surface area contributed by atoms with E-state index in [0.29, 0.717) is 65.4 Å². The molecule has 4 atom stereocenters. The van der Waals surface area contributed by atoms with Gasteiger partial charge in [0.2, 0.25) is 15.9 Å². The Morgan fingerprint density at radius 3 is 2.10 bits per heavy atom. The smallest absolute Gasteiger partial charge is 0.230 e. The molecule has 272 valence electrons. The van der Waals surface area contributed by atoms with E-state index >= 15 is 4.79 Å². The number of hydrogen-bond donors (Lipinski definition) is 0. The number of nitrogens with zero attached hydrogens (tertiary/aromatic N) is 2. The molecular weight excluding hydrogens is 695 g/mol. The standard InChI is InChI=1S/C38H56Cl2N2O5SSi/c1-9-33(25-41(8)48(45,46)34-17-18-34)42-36(29-13-15-31(39)16-14-29)35(30-11-10-12-32(40)23-30)24-38(19-21-43,37(42)44)20-22-47-49(26(2)3,27(4)5)28(6)7/h10-16,21,23,26-28,33-36H,9,17-20,22,24-25H2,1-8H3/t33-,35+,36+,38-/m0/s1. The Balaban J connectivity index is 1.87. The van der Waals surface area contributed by atoms with Crippen molar-refractivity contribution in [1.29, 1.82) is 0 Å². The third kappa shape index (κ3) is 8.33. The van der Waals surface area contributed by atoms with Crippen LogP contribution in [0, 0.1) is 5.41 Å². The van der Waals surface area contributed by atoms with Gasteiger partial charge >= 0.3 is 0 Å². The molecular formula is C38H56Cl2N2O5SSi. The zero-order chi connectivity index (χ0) is 36.3. The molecule has 2 aliphatic rings. The largest absolute Gasteiger partial charge is 0.416 e. The van der Waals surface area contributed by atoms with Gasteiger partial charge in [0.05, 0.1) is 16.7 Å². The molecule has 1 saturated carbocycles. The van der Waals surface area contributed by atoms with Crippen LogP contribution in [0.5, 0.6) is 0 Å². The maximum Gasteiger partial charge on any atom is 0.230 e. The molecule has 0 spiro atoms. The number of rotatable bonds is 17. The molecule has 4 rings (SSSR count). The van der Waals surface area contributed by atoms with Crippen molar-refractivity contribution in [3.05, 3.63) is 69.7 Å². The van der Waals surface area contributed by atoms with Crippen LogP contribution >= 0.6 is 23.2 Å². The molecule has 49 heavy (non-hydrogen) atoms. The zero-order valence-corrected chi connectivity index (χ0v) is 33.8. The summed E-state index contributed by atoms with van der Waals surface area (Å²) in [5.41, 5.74) is 1.92. The number of carbonyl (C=O) groups excluding carboxylic acids is 2. The van der Waals surface area contributed by atoms with Gasteiger partial charge in [-0.05, 0) is 84.1 Å². The van der Waals surface area contributed by atoms with Gasteiger partial charge in [0.1, 0.15) is 6.29 Å². The number of aldehydes is 1. The second kappa shape index (κ2) is 16.3. The highest BCUT2D eigenvalue weighted by Gasteiger charge is 2.54. The summed E-state index contributed by atoms with van der Waals surface area (Å²) >= 11 is 13.0. The Labute approximate surface area is 306 Å². The second-order valence-electron chi connectivity index (χ2n) is 15.2. The van der Waals surface area contributed by atoms with Gasteiger partial charge in [0, 0.05) is 48.6 Å². The molecule has 2 aromatic carbocycles. The van der Waals surface area contributed by atoms with Gasteiger partial charge in [-0.1, -0.05) is 95.9 Å². The van der Waals surface area contributed by atoms with Crippen molar-refractivity contribution in [3.8, 4) is 0 Å². The topological polar surface area (TPSA) is 84.0 Å². The highest BCUT2D eigenvalue weighted by atomic mass is 35.5. The molecule has 0 radical (unpaired) electrons. The Morgan fingerprint density at radius 2 is 1.59 bits per heavy atom. The number of benzene rings is 2. The molecule has 11 heteroatoms. The van der Waals surface area contributed by atoms with Crippen LogP contribution in [-0.4, -0.2) is 69.6 Å². The second-order valence-corrected chi connectivity index (χ2v) is 23.9. The van der Waals surface area contributed by atoms with Crippen LogP contribution in [0.3, 0.4) is 0 Å². The van der Waals surface area contributed by atoms with Crippen LogP contribution in [-0.2, 0) is 24.0 Å². The minimum atomic E-state index is -3.49. The van der Waals surface area contributed by atoms with E-state index in [1.54, 1.807) is 7.05 Å². The Hall–Kier alpha value is -1.75. The Bertz CT molecular complexity index is 1530. The molecule has 1 aliphatic heterocycles. The molecule has 0 aromatic heterocycles. The minimum absolute atomic E-state index is 0.0440. The number of hydrogen-bond acceptors (Lipinski definition) is 5. The zero-order valence-electron chi connectivity index (χ0n) is 30.5. The maximum atomic E-state index is 15.4. The SMILES string of the molecule is CC[C@@H](CN(C)S(=O)(=O)C1CC1)N1C(=O)[C@@](CC=O)(CCO[Si](C(C)C)(C(C)C)C(C)C)C[C@H](c2cccc(Cl)c2)[C@H]1c1ccc(Cl)cc1. The van der Waals surface area contributed by atoms with E-state index in [9.17, 15) is 13.2 Å². The van der Waals surface area contributed by atoms with Crippen LogP contribution in [0.4, 0.5) is 0 Å². The maximum absolute atomic E-state index is 15.4. The Kier molecular flexibility index (Phi) is 13.3. The lowest BCUT2D eigenvalue weighted by molar-refractivity contribution is -0.159. The summed E-state index contributed by atoms with van der Waals surface area (Å²) in [6, 6.07) is 14.4. The summed E-state index contributed by atoms with van der Waals surface area (Å²) in [7, 11) is -4.13. The first-order chi connectivity index (χ1) is 23.0. The summed E-state index contributed by atoms with van der Waals surface area (Å²) in [5, 5.41) is 0.806. The van der Waals surface area contributed by atoms with E-state index in [1.165, 1.54) is 4.31 Å². The molecule has 1 aliphatic carbocycles. The molecule has 2 aromatic rings. The van der Waals surface area contributed by atoms with Crippen LogP contribution in [0.2, 0.25) is 26.7 Å². The minimum Gasteiger partial charge on any atom is -0.416 e. The van der Waals surface area contributed by atoms with E-state index in [0.717, 1.165) is 17.4 Å². The number of halogens is 2. The number of carbonyl (C=O) groups is 2. The summed E-state index contributed by atoms with van der Waals surface area (Å²) in [5.74, 6) is -0.365. The summed E-state index contributed by atoms with van der Waals surface area (Å²) < 4.78 is 35.2. The first-order valence-corrected chi connectivity index (χ1v) is 22.3. The van der Waals surface area contributed by atoms with Crippen LogP contribution in [0.25, 0.3) is 0 Å². The lowest BCUT2D eigenvalue weighted by atomic mass is 9.65. The van der Waals surface area contributed by atoms with Crippen molar-refractivity contribution in [2.75, 3.05) is 20.2 Å². The first kappa shape index (κ1) is 40.0. The van der Waals surface area contributed by atoms with Crippen molar-refractivity contribution in [3.63, 3.8) is 0 Å². The summed E-state index contributed by atoms with van der Waals surface area (Å²) in [6.07, 6.45) is 3.57. The van der Waals surface area contributed by atoms with Gasteiger partial charge < -0.3 is 14.1 Å². The van der Waals surface area contributed by atoms with E-state index in [-0.39, 0.29) is 30.0 Å². The van der Waals surface area contributed by atoms with E-state index < -0.39 is 35.8 Å². The number of sulfonamides is 1. The van der Waals surface area contributed by atoms with Crippen molar-refractivity contribution in [1.82, 2.24) is 9.21 Å². The third-order valence-corrected chi connectivity index (χ3v) is 20.2. The van der Waals surface area contributed by atoms with Gasteiger partial charge in [-0.25, -0.2) is 12.7 Å². The van der Waals surface area contributed by atoms with Gasteiger partial charge in [-0.3, -0.25) is 4.79 Å². The fourth-order valence-corrected chi connectivity index (χ4v) is 16.1. The first-order valence-electron chi connectivity index (χ1n) is 17.9. The molecule has 0 bridgehead atoms. The van der Waals surface area contributed by atoms with E-state index in [2.05, 4.69) is 41.5 Å². The molecule has 2 fully saturated rings. The third-order valence-electron chi connectivity index (χ3n) is 11.3. The van der Waals surface area contributed by atoms with Gasteiger partial charge in [-0.2, -0.15) is 0 Å². The molecule has 7 nitrogen and oxygen atoms in total. The fourth-order valence-electron chi connectivity index (χ4n) is 8.70. The van der Waals surface area contributed by atoms with E-state index in [4.69, 9.17) is 27.6 Å². The summed E-state index contributed by atoms with van der Waals surface area (Å²) in [4.78, 5) is 29.9. The predicted molar refractivity (Wildman–Crippen MR) is 203 cm³/mol. The predicted octanol–water partition coefficient (Wildman–Crippen LogP) is 9.41. The van der Waals surface area contributed by atoms with Gasteiger partial charge in [0.15, 0.2) is 8.32 Å². The molecule has 1 saturated heterocycles. The van der Waals surface area contributed by atoms with Crippen molar-refractivity contribution in [2.45, 2.75) is 127 Å². The number of likely N-dealkylation sites (tertiary alicyclic amines) is 1. The van der Waals surface area contributed by atoms with Crippen LogP contribution in [0.15, 0.2) is 48.5 Å². The van der Waals surface area contributed by atoms with Crippen LogP contribution in [0.1, 0.15) is 110 Å². The van der Waals surface area contributed by atoms with Crippen LogP contribution < -0.4 is 0 Å². The molecule has 1 amide bonds. The summed E-state index contributed by atoms with van der Waals surface area (Å²) in [6.45, 7) is 16.0. The number of piperidine rings is 1. The van der Waals surface area contributed by atoms with Crippen molar-refractivity contribution in [2.24, 2.45) is 5.41 Å². The quantitative estimate of drug-likeness (QED) is 0.119. The fraction of sp³-hybridized carbons (Fsp3) is 0.632. The number of amides is 1. The highest BCUT2D eigenvalue weighted by molar-refractivity contribution is 7.90. The molecule has 0 N–H and O–H groups in total. The number of likely N-dealkylation sites (N-methyl/N-ethyl adjacent to an activating group) is 1. The monoisotopic (exact) mass is 750 g/mol. The van der Waals surface area contributed by atoms with Gasteiger partial charge in [0.25, 0.3) is 0 Å². The lowest BCUT2D eigenvalue weighted by Crippen LogP contribution is -2.59. The lowest BCUT2D eigenvalue weighted by Gasteiger charge is -2.53. The average Bonchev–Trinajstić information content (AvgIpc) is 3.90. The van der Waals surface area contributed by atoms with E-state index in [1.807, 2.05) is 60.4 Å². The molecule has 1 heterocycles. The van der Waals surface area contributed by atoms with Crippen molar-refractivity contribution >= 4 is 53.7 Å². The molecule has 0 unspecified atom stereocenters. The average molecular weight is 752 g/mol. The van der Waals surface area contributed by atoms with Crippen molar-refractivity contribution < 1.29 is 22.4 Å². The Morgan fingerprint density at radius 1 is 0.980 bits per heavy atom. The highest BCUT2D eigenvalue weighted by Crippen LogP contribution is 2.54. The van der Waals surface area contributed by atoms with Gasteiger partial charge in [-0.15, -0.1) is 0 Å². The normalized spacial score (nSPS) is 22.8.